The first kappa shape index (κ1) is 21.5. The van der Waals surface area contributed by atoms with Crippen LogP contribution in [0.1, 0.15) is 26.4 Å². The number of hydrogen-bond donors (Lipinski definition) is 3. The molecule has 158 valence electrons. The van der Waals surface area contributed by atoms with Crippen LogP contribution in [0.15, 0.2) is 40.7 Å². The van der Waals surface area contributed by atoms with Crippen LogP contribution in [0.25, 0.3) is 0 Å². The molecule has 0 aliphatic carbocycles. The van der Waals surface area contributed by atoms with Crippen LogP contribution < -0.4 is 11.1 Å². The van der Waals surface area contributed by atoms with Crippen molar-refractivity contribution in [3.8, 4) is 0 Å². The fraction of sp³-hybridized carbons (Fsp3) is 0.118. The minimum Gasteiger partial charge on any atom is -0.366 e. The number of rotatable bonds is 7. The Balaban J connectivity index is 1.89. The first-order valence-corrected chi connectivity index (χ1v) is 10.5. The van der Waals surface area contributed by atoms with E-state index in [0.717, 1.165) is 22.5 Å². The smallest absolute Gasteiger partial charge is 0.274 e. The van der Waals surface area contributed by atoms with Gasteiger partial charge in [-0.25, -0.2) is 17.2 Å². The van der Waals surface area contributed by atoms with Gasteiger partial charge in [0.25, 0.3) is 21.8 Å². The normalized spacial score (nSPS) is 11.6. The second-order valence-corrected chi connectivity index (χ2v) is 9.42. The quantitative estimate of drug-likeness (QED) is 0.500. The topological polar surface area (TPSA) is 138 Å². The molecule has 0 aliphatic rings. The number of amides is 2. The molecule has 0 fully saturated rings. The Labute approximate surface area is 173 Å². The molecule has 0 saturated heterocycles. The van der Waals surface area contributed by atoms with E-state index in [4.69, 9.17) is 5.73 Å². The van der Waals surface area contributed by atoms with Crippen molar-refractivity contribution >= 4 is 38.2 Å². The number of anilines is 1. The highest BCUT2D eigenvalue weighted by molar-refractivity contribution is 7.91. The highest BCUT2D eigenvalue weighted by Crippen LogP contribution is 2.33. The zero-order valence-corrected chi connectivity index (χ0v) is 17.0. The third kappa shape index (κ3) is 4.37. The molecule has 0 spiro atoms. The molecule has 4 N–H and O–H groups in total. The Morgan fingerprint density at radius 3 is 2.60 bits per heavy atom. The van der Waals surface area contributed by atoms with Crippen LogP contribution in [0.5, 0.6) is 0 Å². The summed E-state index contributed by atoms with van der Waals surface area (Å²) in [5.41, 5.74) is 5.15. The van der Waals surface area contributed by atoms with Crippen LogP contribution in [0.4, 0.5) is 13.8 Å². The van der Waals surface area contributed by atoms with Crippen LogP contribution in [0.2, 0.25) is 0 Å². The van der Waals surface area contributed by atoms with E-state index >= 15 is 0 Å². The van der Waals surface area contributed by atoms with Crippen LogP contribution >= 0.6 is 11.3 Å². The van der Waals surface area contributed by atoms with E-state index in [1.165, 1.54) is 19.3 Å². The predicted molar refractivity (Wildman–Crippen MR) is 104 cm³/mol. The molecule has 1 aromatic carbocycles. The monoisotopic (exact) mass is 455 g/mol. The van der Waals surface area contributed by atoms with E-state index in [1.807, 2.05) is 0 Å². The molecule has 0 atom stereocenters. The minimum atomic E-state index is -4.18. The SMILES string of the molecule is CN(Cc1ccc(F)cc1F)S(=O)(=O)c1cc(C(N)=O)c(NC(=O)c2ccn[nH]2)s1. The standard InChI is InChI=1S/C17H15F2N5O4S2/c1-24(8-9-2-3-10(18)6-12(9)19)30(27,28)14-7-11(15(20)25)17(29-14)22-16(26)13-4-5-21-23-13/h2-7H,8H2,1H3,(H2,20,25)(H,21,23)(H,22,26). The summed E-state index contributed by atoms with van der Waals surface area (Å²) in [6.07, 6.45) is 1.35. The summed E-state index contributed by atoms with van der Waals surface area (Å²) < 4.78 is 53.2. The Hall–Kier alpha value is -3.16. The number of sulfonamides is 1. The van der Waals surface area contributed by atoms with Crippen molar-refractivity contribution in [2.45, 2.75) is 10.8 Å². The van der Waals surface area contributed by atoms with Gasteiger partial charge < -0.3 is 11.1 Å². The number of H-pyrrole nitrogens is 1. The summed E-state index contributed by atoms with van der Waals surface area (Å²) in [6, 6.07) is 5.21. The van der Waals surface area contributed by atoms with E-state index in [2.05, 4.69) is 15.5 Å². The molecule has 0 radical (unpaired) electrons. The Morgan fingerprint density at radius 2 is 2.00 bits per heavy atom. The van der Waals surface area contributed by atoms with Crippen molar-refractivity contribution in [2.75, 3.05) is 12.4 Å². The lowest BCUT2D eigenvalue weighted by Crippen LogP contribution is -2.26. The van der Waals surface area contributed by atoms with Crippen molar-refractivity contribution in [3.63, 3.8) is 0 Å². The van der Waals surface area contributed by atoms with Gasteiger partial charge in [0.1, 0.15) is 26.5 Å². The van der Waals surface area contributed by atoms with Crippen LogP contribution in [0, 0.1) is 11.6 Å². The predicted octanol–water partition coefficient (Wildman–Crippen LogP) is 1.92. The number of aromatic amines is 1. The first-order chi connectivity index (χ1) is 14.1. The summed E-state index contributed by atoms with van der Waals surface area (Å²) in [6.45, 7) is -0.381. The molecule has 0 unspecified atom stereocenters. The van der Waals surface area contributed by atoms with Crippen LogP contribution in [0.3, 0.4) is 0 Å². The van der Waals surface area contributed by atoms with Crippen molar-refractivity contribution in [1.82, 2.24) is 14.5 Å². The molecule has 3 aromatic rings. The van der Waals surface area contributed by atoms with Crippen molar-refractivity contribution in [1.29, 1.82) is 0 Å². The lowest BCUT2D eigenvalue weighted by Gasteiger charge is -2.16. The number of carbonyl (C=O) groups is 2. The zero-order valence-electron chi connectivity index (χ0n) is 15.3. The molecule has 2 aromatic heterocycles. The molecule has 0 aliphatic heterocycles. The fourth-order valence-corrected chi connectivity index (χ4v) is 5.18. The van der Waals surface area contributed by atoms with Crippen molar-refractivity contribution in [2.24, 2.45) is 5.73 Å². The van der Waals surface area contributed by atoms with Gasteiger partial charge in [-0.1, -0.05) is 6.07 Å². The van der Waals surface area contributed by atoms with Gasteiger partial charge >= 0.3 is 0 Å². The molecule has 2 heterocycles. The third-order valence-corrected chi connectivity index (χ3v) is 7.32. The second kappa shape index (κ2) is 8.30. The highest BCUT2D eigenvalue weighted by Gasteiger charge is 2.28. The zero-order chi connectivity index (χ0) is 22.1. The minimum absolute atomic E-state index is 0.0399. The van der Waals surface area contributed by atoms with Crippen LogP contribution in [-0.4, -0.2) is 41.8 Å². The number of primary amides is 1. The lowest BCUT2D eigenvalue weighted by atomic mass is 10.2. The number of carbonyl (C=O) groups excluding carboxylic acids is 2. The summed E-state index contributed by atoms with van der Waals surface area (Å²) in [7, 11) is -2.98. The number of nitrogens with one attached hydrogen (secondary N) is 2. The Bertz CT molecular complexity index is 1210. The lowest BCUT2D eigenvalue weighted by molar-refractivity contribution is 0.100. The van der Waals surface area contributed by atoms with E-state index in [0.29, 0.717) is 17.4 Å². The van der Waals surface area contributed by atoms with Gasteiger partial charge in [-0.05, 0) is 18.2 Å². The Kier molecular flexibility index (Phi) is 5.96. The van der Waals surface area contributed by atoms with Gasteiger partial charge in [0.2, 0.25) is 0 Å². The Morgan fingerprint density at radius 1 is 1.27 bits per heavy atom. The number of thiophene rings is 1. The van der Waals surface area contributed by atoms with Gasteiger partial charge in [0, 0.05) is 31.4 Å². The number of hydrogen-bond acceptors (Lipinski definition) is 6. The van der Waals surface area contributed by atoms with Gasteiger partial charge in [-0.15, -0.1) is 11.3 Å². The van der Waals surface area contributed by atoms with Crippen molar-refractivity contribution in [3.05, 3.63) is 65.0 Å². The van der Waals surface area contributed by atoms with E-state index in [1.54, 1.807) is 0 Å². The maximum absolute atomic E-state index is 13.9. The highest BCUT2D eigenvalue weighted by atomic mass is 32.2. The van der Waals surface area contributed by atoms with E-state index in [-0.39, 0.29) is 32.6 Å². The van der Waals surface area contributed by atoms with Gasteiger partial charge in [-0.2, -0.15) is 9.40 Å². The molecular formula is C17H15F2N5O4S2. The number of halogens is 2. The van der Waals surface area contributed by atoms with Crippen LogP contribution in [-0.2, 0) is 16.6 Å². The molecule has 2 amide bonds. The van der Waals surface area contributed by atoms with Crippen molar-refractivity contribution < 1.29 is 26.8 Å². The molecular weight excluding hydrogens is 440 g/mol. The molecule has 30 heavy (non-hydrogen) atoms. The number of nitrogens with two attached hydrogens (primary N) is 1. The van der Waals surface area contributed by atoms with Gasteiger partial charge in [0.15, 0.2) is 0 Å². The average Bonchev–Trinajstić information content (AvgIpc) is 3.34. The number of nitrogens with zero attached hydrogens (tertiary/aromatic N) is 2. The molecule has 13 heteroatoms. The fourth-order valence-electron chi connectivity index (χ4n) is 2.45. The summed E-state index contributed by atoms with van der Waals surface area (Å²) in [4.78, 5) is 23.9. The maximum atomic E-state index is 13.9. The number of aromatic nitrogens is 2. The van der Waals surface area contributed by atoms with Gasteiger partial charge in [0.05, 0.1) is 5.56 Å². The number of benzene rings is 1. The maximum Gasteiger partial charge on any atom is 0.274 e. The van der Waals surface area contributed by atoms with E-state index in [9.17, 15) is 26.8 Å². The molecule has 3 rings (SSSR count). The third-order valence-electron chi connectivity index (χ3n) is 4.02. The van der Waals surface area contributed by atoms with E-state index < -0.39 is 33.5 Å². The first-order valence-electron chi connectivity index (χ1n) is 8.24. The summed E-state index contributed by atoms with van der Waals surface area (Å²) in [5.74, 6) is -3.28. The average molecular weight is 455 g/mol. The molecule has 9 nitrogen and oxygen atoms in total. The summed E-state index contributed by atoms with van der Waals surface area (Å²) in [5, 5.41) is 8.41. The summed E-state index contributed by atoms with van der Waals surface area (Å²) >= 11 is 0.615. The molecule has 0 saturated carbocycles. The molecule has 0 bridgehead atoms. The largest absolute Gasteiger partial charge is 0.366 e. The van der Waals surface area contributed by atoms with Gasteiger partial charge in [-0.3, -0.25) is 14.7 Å². The second-order valence-electron chi connectivity index (χ2n) is 6.09.